The first-order valence-electron chi connectivity index (χ1n) is 10.6. The maximum absolute atomic E-state index is 12.7. The number of nitrogens with zero attached hydrogens (tertiary/aromatic N) is 2. The van der Waals surface area contributed by atoms with E-state index < -0.39 is 0 Å². The molecule has 3 heterocycles. The number of aromatic amines is 1. The van der Waals surface area contributed by atoms with E-state index >= 15 is 0 Å². The number of furan rings is 1. The van der Waals surface area contributed by atoms with Crippen LogP contribution in [0.2, 0.25) is 0 Å². The van der Waals surface area contributed by atoms with Gasteiger partial charge in [-0.05, 0) is 37.1 Å². The maximum Gasteiger partial charge on any atom is 0.263 e. The van der Waals surface area contributed by atoms with Crippen LogP contribution in [0.5, 0.6) is 0 Å². The number of hydrogen-bond donors (Lipinski definition) is 3. The van der Waals surface area contributed by atoms with Gasteiger partial charge in [-0.3, -0.25) is 14.6 Å². The number of carbonyl (C=O) groups is 2. The minimum absolute atomic E-state index is 0.0466. The Labute approximate surface area is 189 Å². The number of imidazole rings is 1. The zero-order valence-corrected chi connectivity index (χ0v) is 18.6. The summed E-state index contributed by atoms with van der Waals surface area (Å²) in [5, 5.41) is 6.74. The van der Waals surface area contributed by atoms with Crippen molar-refractivity contribution >= 4 is 34.1 Å². The number of carbonyl (C=O) groups excluding carboxylic acids is 2. The molecule has 166 valence electrons. The second-order valence-electron chi connectivity index (χ2n) is 7.52. The van der Waals surface area contributed by atoms with E-state index in [4.69, 9.17) is 4.42 Å². The lowest BCUT2D eigenvalue weighted by atomic mass is 10.1. The number of unbranched alkanes of at least 4 members (excludes halogenated alkanes) is 2. The number of H-pyrrole nitrogens is 1. The number of rotatable bonds is 10. The second kappa shape index (κ2) is 10.2. The van der Waals surface area contributed by atoms with Crippen molar-refractivity contribution in [1.29, 1.82) is 0 Å². The van der Waals surface area contributed by atoms with Gasteiger partial charge in [-0.2, -0.15) is 0 Å². The number of benzene rings is 1. The van der Waals surface area contributed by atoms with Gasteiger partial charge in [-0.15, -0.1) is 11.3 Å². The van der Waals surface area contributed by atoms with Gasteiger partial charge in [-0.1, -0.05) is 12.8 Å². The van der Waals surface area contributed by atoms with Crippen molar-refractivity contribution in [1.82, 2.24) is 25.6 Å². The Morgan fingerprint density at radius 3 is 2.91 bits per heavy atom. The summed E-state index contributed by atoms with van der Waals surface area (Å²) in [7, 11) is 1.64. The zero-order valence-electron chi connectivity index (χ0n) is 17.8. The van der Waals surface area contributed by atoms with Crippen LogP contribution in [0.3, 0.4) is 0 Å². The summed E-state index contributed by atoms with van der Waals surface area (Å²) in [6, 6.07) is 7.61. The van der Waals surface area contributed by atoms with Crippen molar-refractivity contribution in [2.24, 2.45) is 0 Å². The molecule has 1 aromatic carbocycles. The molecule has 0 aliphatic carbocycles. The Morgan fingerprint density at radius 2 is 2.09 bits per heavy atom. The molecule has 0 bridgehead atoms. The molecule has 0 unspecified atom stereocenters. The van der Waals surface area contributed by atoms with E-state index in [0.29, 0.717) is 23.5 Å². The molecule has 4 rings (SSSR count). The van der Waals surface area contributed by atoms with Crippen LogP contribution in [-0.2, 0) is 4.79 Å². The Bertz CT molecular complexity index is 1180. The highest BCUT2D eigenvalue weighted by atomic mass is 32.1. The Kier molecular flexibility index (Phi) is 6.96. The van der Waals surface area contributed by atoms with Gasteiger partial charge in [0.25, 0.3) is 5.91 Å². The minimum Gasteiger partial charge on any atom is -0.464 e. The summed E-state index contributed by atoms with van der Waals surface area (Å²) in [4.78, 5) is 36.6. The summed E-state index contributed by atoms with van der Waals surface area (Å²) in [6.07, 6.45) is 8.81. The van der Waals surface area contributed by atoms with Crippen LogP contribution in [0.1, 0.15) is 53.6 Å². The van der Waals surface area contributed by atoms with Crippen LogP contribution in [0, 0.1) is 0 Å². The molecule has 32 heavy (non-hydrogen) atoms. The normalized spacial score (nSPS) is 12.0. The van der Waals surface area contributed by atoms with Crippen LogP contribution in [-0.4, -0.2) is 33.8 Å². The number of nitrogens with one attached hydrogen (secondary N) is 3. The quantitative estimate of drug-likeness (QED) is 0.308. The van der Waals surface area contributed by atoms with E-state index in [1.54, 1.807) is 31.2 Å². The molecule has 0 fully saturated rings. The third-order valence-electron chi connectivity index (χ3n) is 5.33. The van der Waals surface area contributed by atoms with Crippen LogP contribution in [0.4, 0.5) is 0 Å². The number of amides is 2. The largest absolute Gasteiger partial charge is 0.464 e. The highest BCUT2D eigenvalue weighted by molar-refractivity contribution is 7.11. The lowest BCUT2D eigenvalue weighted by molar-refractivity contribution is -0.120. The Morgan fingerprint density at radius 1 is 1.19 bits per heavy atom. The molecule has 3 aromatic heterocycles. The van der Waals surface area contributed by atoms with E-state index in [-0.39, 0.29) is 17.9 Å². The number of hydrogen-bond acceptors (Lipinski definition) is 6. The fourth-order valence-electron chi connectivity index (χ4n) is 3.56. The fourth-order valence-corrected chi connectivity index (χ4v) is 4.09. The number of fused-ring (bicyclic) bond motifs is 1. The van der Waals surface area contributed by atoms with Crippen molar-refractivity contribution in [3.05, 3.63) is 59.1 Å². The summed E-state index contributed by atoms with van der Waals surface area (Å²) in [6.45, 7) is 0. The molecule has 0 radical (unpaired) electrons. The van der Waals surface area contributed by atoms with Gasteiger partial charge >= 0.3 is 0 Å². The lowest BCUT2D eigenvalue weighted by Gasteiger charge is -2.16. The topological polar surface area (TPSA) is 113 Å². The first-order chi connectivity index (χ1) is 15.6. The highest BCUT2D eigenvalue weighted by Gasteiger charge is 2.20. The van der Waals surface area contributed by atoms with Gasteiger partial charge in [0, 0.05) is 24.4 Å². The maximum atomic E-state index is 12.7. The predicted molar refractivity (Wildman–Crippen MR) is 123 cm³/mol. The van der Waals surface area contributed by atoms with Gasteiger partial charge in [0.1, 0.15) is 16.3 Å². The van der Waals surface area contributed by atoms with Crippen molar-refractivity contribution < 1.29 is 14.0 Å². The van der Waals surface area contributed by atoms with Crippen molar-refractivity contribution in [3.63, 3.8) is 0 Å². The molecule has 0 aliphatic rings. The summed E-state index contributed by atoms with van der Waals surface area (Å²) >= 11 is 1.30. The van der Waals surface area contributed by atoms with Gasteiger partial charge in [0.05, 0.1) is 35.9 Å². The average Bonchev–Trinajstić information content (AvgIpc) is 3.58. The van der Waals surface area contributed by atoms with Gasteiger partial charge < -0.3 is 20.0 Å². The molecule has 0 spiro atoms. The first-order valence-corrected chi connectivity index (χ1v) is 11.4. The molecule has 1 atom stereocenters. The second-order valence-corrected chi connectivity index (χ2v) is 8.41. The van der Waals surface area contributed by atoms with E-state index in [1.807, 2.05) is 24.3 Å². The SMILES string of the molecule is CNC(=O)CCCCC[C@H](NC(=O)c1cncs1)c1ncc(-c2ccc3occc3c2)[nH]1. The van der Waals surface area contributed by atoms with Crippen LogP contribution in [0.15, 0.2) is 52.9 Å². The highest BCUT2D eigenvalue weighted by Crippen LogP contribution is 2.26. The third-order valence-corrected chi connectivity index (χ3v) is 6.10. The van der Waals surface area contributed by atoms with Gasteiger partial charge in [0.15, 0.2) is 0 Å². The molecule has 3 N–H and O–H groups in total. The molecular weight excluding hydrogens is 426 g/mol. The molecule has 0 aliphatic heterocycles. The predicted octanol–water partition coefficient (Wildman–Crippen LogP) is 4.45. The Hall–Kier alpha value is -3.46. The van der Waals surface area contributed by atoms with Crippen molar-refractivity contribution in [2.45, 2.75) is 38.1 Å². The monoisotopic (exact) mass is 451 g/mol. The zero-order chi connectivity index (χ0) is 22.3. The minimum atomic E-state index is -0.268. The molecule has 9 heteroatoms. The van der Waals surface area contributed by atoms with Gasteiger partial charge in [0.2, 0.25) is 5.91 Å². The van der Waals surface area contributed by atoms with E-state index in [1.165, 1.54) is 11.3 Å². The summed E-state index contributed by atoms with van der Waals surface area (Å²) in [5.74, 6) is 0.586. The van der Waals surface area contributed by atoms with Crippen molar-refractivity contribution in [3.8, 4) is 11.3 Å². The summed E-state index contributed by atoms with van der Waals surface area (Å²) < 4.78 is 5.41. The first kappa shape index (κ1) is 21.8. The smallest absolute Gasteiger partial charge is 0.263 e. The number of aromatic nitrogens is 3. The van der Waals surface area contributed by atoms with Crippen LogP contribution < -0.4 is 10.6 Å². The van der Waals surface area contributed by atoms with Crippen molar-refractivity contribution in [2.75, 3.05) is 7.05 Å². The molecule has 0 saturated carbocycles. The molecule has 8 nitrogen and oxygen atoms in total. The molecule has 0 saturated heterocycles. The standard InChI is InChI=1S/C23H25N5O3S/c1-24-21(29)6-4-2-3-5-17(28-23(30)20-13-25-14-32-20)22-26-12-18(27-22)15-7-8-19-16(11-15)9-10-31-19/h7-14,17H,2-6H2,1H3,(H,24,29)(H,26,27)(H,28,30)/t17-/m0/s1. The fraction of sp³-hybridized carbons (Fsp3) is 0.304. The van der Waals surface area contributed by atoms with Crippen LogP contribution >= 0.6 is 11.3 Å². The Balaban J connectivity index is 1.47. The lowest BCUT2D eigenvalue weighted by Crippen LogP contribution is -2.28. The summed E-state index contributed by atoms with van der Waals surface area (Å²) in [5.41, 5.74) is 4.34. The van der Waals surface area contributed by atoms with E-state index in [2.05, 4.69) is 25.6 Å². The average molecular weight is 452 g/mol. The third kappa shape index (κ3) is 5.23. The van der Waals surface area contributed by atoms with Gasteiger partial charge in [-0.25, -0.2) is 4.98 Å². The molecular formula is C23H25N5O3S. The number of thiazole rings is 1. The molecule has 2 amide bonds. The van der Waals surface area contributed by atoms with Crippen LogP contribution in [0.25, 0.3) is 22.2 Å². The molecule has 4 aromatic rings. The van der Waals surface area contributed by atoms with E-state index in [0.717, 1.165) is 41.5 Å². The van der Waals surface area contributed by atoms with E-state index in [9.17, 15) is 9.59 Å².